The largest absolute Gasteiger partial charge is 0.349 e. The molecular weight excluding hydrogens is 242 g/mol. The predicted octanol–water partition coefficient (Wildman–Crippen LogP) is 0.581. The molecular formula is C13H21N5O. The molecule has 1 aliphatic heterocycles. The number of amides is 1. The summed E-state index contributed by atoms with van der Waals surface area (Å²) in [5.74, 6) is 5.61. The number of hydrogen-bond donors (Lipinski definition) is 3. The van der Waals surface area contributed by atoms with Gasteiger partial charge in [-0.15, -0.1) is 0 Å². The Hall–Kier alpha value is -1.66. The van der Waals surface area contributed by atoms with Gasteiger partial charge in [0.15, 0.2) is 0 Å². The van der Waals surface area contributed by atoms with Crippen LogP contribution in [-0.2, 0) is 0 Å². The van der Waals surface area contributed by atoms with Crippen molar-refractivity contribution in [3.8, 4) is 0 Å². The van der Waals surface area contributed by atoms with Gasteiger partial charge in [-0.2, -0.15) is 0 Å². The summed E-state index contributed by atoms with van der Waals surface area (Å²) >= 11 is 0. The van der Waals surface area contributed by atoms with Gasteiger partial charge in [0.25, 0.3) is 5.91 Å². The zero-order valence-corrected chi connectivity index (χ0v) is 11.2. The van der Waals surface area contributed by atoms with Crippen molar-refractivity contribution < 1.29 is 4.79 Å². The lowest BCUT2D eigenvalue weighted by Crippen LogP contribution is -2.44. The topological polar surface area (TPSA) is 83.3 Å². The number of carbonyl (C=O) groups is 1. The highest BCUT2D eigenvalue weighted by molar-refractivity contribution is 5.92. The number of carbonyl (C=O) groups excluding carboxylic acids is 1. The monoisotopic (exact) mass is 263 g/mol. The van der Waals surface area contributed by atoms with E-state index in [-0.39, 0.29) is 5.91 Å². The van der Waals surface area contributed by atoms with Crippen molar-refractivity contribution in [3.63, 3.8) is 0 Å². The van der Waals surface area contributed by atoms with E-state index in [1.54, 1.807) is 18.2 Å². The number of hydrazine groups is 1. The molecule has 6 heteroatoms. The van der Waals surface area contributed by atoms with Crippen LogP contribution in [0.4, 0.5) is 5.82 Å². The fraction of sp³-hybridized carbons (Fsp3) is 0.538. The van der Waals surface area contributed by atoms with Crippen LogP contribution in [0.1, 0.15) is 29.8 Å². The van der Waals surface area contributed by atoms with Crippen LogP contribution in [0.2, 0.25) is 0 Å². The SMILES string of the molecule is CN1CCCCC1CNC(=O)c1cccc(NN)n1. The Kier molecular flexibility index (Phi) is 4.70. The zero-order chi connectivity index (χ0) is 13.7. The summed E-state index contributed by atoms with van der Waals surface area (Å²) in [6, 6.07) is 5.57. The first-order chi connectivity index (χ1) is 9.20. The lowest BCUT2D eigenvalue weighted by Gasteiger charge is -2.32. The van der Waals surface area contributed by atoms with Crippen LogP contribution in [0.25, 0.3) is 0 Å². The quantitative estimate of drug-likeness (QED) is 0.547. The van der Waals surface area contributed by atoms with E-state index in [9.17, 15) is 4.79 Å². The van der Waals surface area contributed by atoms with Gasteiger partial charge in [-0.3, -0.25) is 4.79 Å². The van der Waals surface area contributed by atoms with Gasteiger partial charge in [-0.05, 0) is 38.6 Å². The summed E-state index contributed by atoms with van der Waals surface area (Å²) in [7, 11) is 2.10. The average Bonchev–Trinajstić information content (AvgIpc) is 2.46. The van der Waals surface area contributed by atoms with E-state index in [1.165, 1.54) is 12.8 Å². The van der Waals surface area contributed by atoms with E-state index in [0.717, 1.165) is 13.0 Å². The molecule has 1 aromatic rings. The number of anilines is 1. The summed E-state index contributed by atoms with van der Waals surface area (Å²) in [6.45, 7) is 1.77. The van der Waals surface area contributed by atoms with Crippen LogP contribution in [0.15, 0.2) is 18.2 Å². The number of nitrogens with one attached hydrogen (secondary N) is 2. The first-order valence-corrected chi connectivity index (χ1v) is 6.63. The molecule has 1 fully saturated rings. The second-order valence-corrected chi connectivity index (χ2v) is 4.89. The Morgan fingerprint density at radius 3 is 3.11 bits per heavy atom. The predicted molar refractivity (Wildman–Crippen MR) is 74.6 cm³/mol. The minimum Gasteiger partial charge on any atom is -0.349 e. The van der Waals surface area contributed by atoms with Crippen molar-refractivity contribution in [2.45, 2.75) is 25.3 Å². The Morgan fingerprint density at radius 2 is 2.37 bits per heavy atom. The van der Waals surface area contributed by atoms with Crippen molar-refractivity contribution >= 4 is 11.7 Å². The normalized spacial score (nSPS) is 20.0. The van der Waals surface area contributed by atoms with Crippen molar-refractivity contribution in [3.05, 3.63) is 23.9 Å². The average molecular weight is 263 g/mol. The number of hydrogen-bond acceptors (Lipinski definition) is 5. The van der Waals surface area contributed by atoms with Gasteiger partial charge >= 0.3 is 0 Å². The van der Waals surface area contributed by atoms with E-state index in [1.807, 2.05) is 0 Å². The Morgan fingerprint density at radius 1 is 1.53 bits per heavy atom. The summed E-state index contributed by atoms with van der Waals surface area (Å²) in [5, 5.41) is 2.94. The van der Waals surface area contributed by atoms with Crippen molar-refractivity contribution in [2.24, 2.45) is 5.84 Å². The van der Waals surface area contributed by atoms with Gasteiger partial charge in [0.1, 0.15) is 11.5 Å². The molecule has 2 heterocycles. The van der Waals surface area contributed by atoms with Crippen LogP contribution in [0.3, 0.4) is 0 Å². The maximum atomic E-state index is 12.0. The fourth-order valence-corrected chi connectivity index (χ4v) is 2.34. The molecule has 1 aromatic heterocycles. The first kappa shape index (κ1) is 13.8. The molecule has 6 nitrogen and oxygen atoms in total. The summed E-state index contributed by atoms with van der Waals surface area (Å²) in [5.41, 5.74) is 2.82. The number of pyridine rings is 1. The third-order valence-electron chi connectivity index (χ3n) is 3.55. The Bertz CT molecular complexity index is 437. The molecule has 1 unspecified atom stereocenters. The number of likely N-dealkylation sites (N-methyl/N-ethyl adjacent to an activating group) is 1. The highest BCUT2D eigenvalue weighted by Crippen LogP contribution is 2.14. The van der Waals surface area contributed by atoms with Gasteiger partial charge in [0.05, 0.1) is 0 Å². The Labute approximate surface area is 113 Å². The molecule has 1 amide bonds. The van der Waals surface area contributed by atoms with Crippen LogP contribution in [0.5, 0.6) is 0 Å². The minimum atomic E-state index is -0.156. The molecule has 2 rings (SSSR count). The maximum Gasteiger partial charge on any atom is 0.270 e. The smallest absolute Gasteiger partial charge is 0.270 e. The third kappa shape index (κ3) is 3.65. The maximum absolute atomic E-state index is 12.0. The first-order valence-electron chi connectivity index (χ1n) is 6.63. The number of rotatable bonds is 4. The van der Waals surface area contributed by atoms with E-state index >= 15 is 0 Å². The summed E-state index contributed by atoms with van der Waals surface area (Å²) in [4.78, 5) is 18.4. The van der Waals surface area contributed by atoms with Gasteiger partial charge in [-0.25, -0.2) is 10.8 Å². The highest BCUT2D eigenvalue weighted by atomic mass is 16.1. The number of aromatic nitrogens is 1. The molecule has 1 atom stereocenters. The lowest BCUT2D eigenvalue weighted by atomic mass is 10.0. The Balaban J connectivity index is 1.89. The summed E-state index contributed by atoms with van der Waals surface area (Å²) < 4.78 is 0. The fourth-order valence-electron chi connectivity index (χ4n) is 2.34. The number of nitrogen functional groups attached to an aromatic ring is 1. The van der Waals surface area contributed by atoms with Gasteiger partial charge in [0, 0.05) is 12.6 Å². The van der Waals surface area contributed by atoms with Gasteiger partial charge in [0.2, 0.25) is 0 Å². The second kappa shape index (κ2) is 6.49. The van der Waals surface area contributed by atoms with Crippen molar-refractivity contribution in [1.29, 1.82) is 0 Å². The zero-order valence-electron chi connectivity index (χ0n) is 11.2. The van der Waals surface area contributed by atoms with Crippen LogP contribution < -0.4 is 16.6 Å². The van der Waals surface area contributed by atoms with Crippen LogP contribution >= 0.6 is 0 Å². The molecule has 0 spiro atoms. The number of likely N-dealkylation sites (tertiary alicyclic amines) is 1. The molecule has 4 N–H and O–H groups in total. The van der Waals surface area contributed by atoms with E-state index in [2.05, 4.69) is 27.7 Å². The third-order valence-corrected chi connectivity index (χ3v) is 3.55. The lowest BCUT2D eigenvalue weighted by molar-refractivity contribution is 0.0923. The van der Waals surface area contributed by atoms with Crippen LogP contribution in [0, 0.1) is 0 Å². The summed E-state index contributed by atoms with van der Waals surface area (Å²) in [6.07, 6.45) is 3.61. The molecule has 104 valence electrons. The number of nitrogens with zero attached hydrogens (tertiary/aromatic N) is 2. The highest BCUT2D eigenvalue weighted by Gasteiger charge is 2.19. The molecule has 0 radical (unpaired) electrons. The number of piperidine rings is 1. The second-order valence-electron chi connectivity index (χ2n) is 4.89. The van der Waals surface area contributed by atoms with E-state index in [0.29, 0.717) is 24.1 Å². The molecule has 1 aliphatic rings. The van der Waals surface area contributed by atoms with Crippen molar-refractivity contribution in [1.82, 2.24) is 15.2 Å². The molecule has 0 aromatic carbocycles. The van der Waals surface area contributed by atoms with Gasteiger partial charge in [-0.1, -0.05) is 12.5 Å². The molecule has 0 saturated carbocycles. The minimum absolute atomic E-state index is 0.156. The standard InChI is InChI=1S/C13H21N5O/c1-18-8-3-2-5-10(18)9-15-13(19)11-6-4-7-12(16-11)17-14/h4,6-7,10H,2-3,5,8-9,14H2,1H3,(H,15,19)(H,16,17). The molecule has 19 heavy (non-hydrogen) atoms. The molecule has 1 saturated heterocycles. The molecule has 0 bridgehead atoms. The van der Waals surface area contributed by atoms with Gasteiger partial charge < -0.3 is 15.6 Å². The number of nitrogens with two attached hydrogens (primary N) is 1. The van der Waals surface area contributed by atoms with E-state index in [4.69, 9.17) is 5.84 Å². The molecule has 0 aliphatic carbocycles. The van der Waals surface area contributed by atoms with Crippen LogP contribution in [-0.4, -0.2) is 42.0 Å². The van der Waals surface area contributed by atoms with E-state index < -0.39 is 0 Å². The van der Waals surface area contributed by atoms with Crippen molar-refractivity contribution in [2.75, 3.05) is 25.6 Å².